The van der Waals surface area contributed by atoms with E-state index >= 15 is 0 Å². The number of likely N-dealkylation sites (N-methyl/N-ethyl adjacent to an activating group) is 1. The van der Waals surface area contributed by atoms with Gasteiger partial charge in [0.15, 0.2) is 0 Å². The first kappa shape index (κ1) is 13.2. The predicted octanol–water partition coefficient (Wildman–Crippen LogP) is 3.16. The molecular formula is C15H20FNO. The molecule has 1 aromatic rings. The van der Waals surface area contributed by atoms with E-state index in [2.05, 4.69) is 0 Å². The van der Waals surface area contributed by atoms with Gasteiger partial charge in [0.05, 0.1) is 6.04 Å². The standard InChI is InChI=1S/C15H20FNO/c1-17(11-12-7-5-6-8-13(12)16)14-9-3-2-4-10-15(14)18/h5-8,14H,2-4,9-11H2,1H3. The monoisotopic (exact) mass is 249 g/mol. The molecule has 0 N–H and O–H groups in total. The van der Waals surface area contributed by atoms with Crippen molar-refractivity contribution < 1.29 is 9.18 Å². The molecule has 0 aromatic heterocycles. The van der Waals surface area contributed by atoms with Crippen molar-refractivity contribution in [1.29, 1.82) is 0 Å². The van der Waals surface area contributed by atoms with Gasteiger partial charge in [-0.1, -0.05) is 31.0 Å². The molecule has 1 aliphatic rings. The van der Waals surface area contributed by atoms with E-state index in [0.717, 1.165) is 25.7 Å². The third-order valence-corrected chi connectivity index (χ3v) is 3.68. The number of carbonyl (C=O) groups is 1. The first-order valence-electron chi connectivity index (χ1n) is 6.65. The van der Waals surface area contributed by atoms with Crippen LogP contribution in [-0.2, 0) is 11.3 Å². The molecule has 1 unspecified atom stereocenters. The van der Waals surface area contributed by atoms with E-state index in [4.69, 9.17) is 0 Å². The highest BCUT2D eigenvalue weighted by molar-refractivity contribution is 5.84. The third kappa shape index (κ3) is 3.16. The second kappa shape index (κ2) is 6.10. The van der Waals surface area contributed by atoms with Crippen molar-refractivity contribution in [1.82, 2.24) is 4.90 Å². The second-order valence-corrected chi connectivity index (χ2v) is 5.09. The van der Waals surface area contributed by atoms with Gasteiger partial charge in [-0.2, -0.15) is 0 Å². The smallest absolute Gasteiger partial charge is 0.149 e. The molecule has 2 rings (SSSR count). The zero-order valence-electron chi connectivity index (χ0n) is 10.9. The minimum Gasteiger partial charge on any atom is -0.298 e. The van der Waals surface area contributed by atoms with E-state index in [1.54, 1.807) is 12.1 Å². The Kier molecular flexibility index (Phi) is 4.48. The van der Waals surface area contributed by atoms with Crippen molar-refractivity contribution in [3.05, 3.63) is 35.6 Å². The molecule has 1 aromatic carbocycles. The molecule has 1 saturated carbocycles. The lowest BCUT2D eigenvalue weighted by molar-refractivity contribution is -0.123. The summed E-state index contributed by atoms with van der Waals surface area (Å²) in [5, 5.41) is 0. The van der Waals surface area contributed by atoms with Crippen molar-refractivity contribution in [2.45, 2.75) is 44.7 Å². The van der Waals surface area contributed by atoms with Crippen molar-refractivity contribution in [3.63, 3.8) is 0 Å². The molecule has 3 heteroatoms. The van der Waals surface area contributed by atoms with E-state index < -0.39 is 0 Å². The molecule has 98 valence electrons. The van der Waals surface area contributed by atoms with Gasteiger partial charge < -0.3 is 0 Å². The lowest BCUT2D eigenvalue weighted by Crippen LogP contribution is -2.37. The SMILES string of the molecule is CN(Cc1ccccc1F)C1CCCCCC1=O. The van der Waals surface area contributed by atoms with Gasteiger partial charge in [0.1, 0.15) is 11.6 Å². The highest BCUT2D eigenvalue weighted by Gasteiger charge is 2.24. The van der Waals surface area contributed by atoms with Crippen LogP contribution in [0.4, 0.5) is 4.39 Å². The fraction of sp³-hybridized carbons (Fsp3) is 0.533. The van der Waals surface area contributed by atoms with Crippen LogP contribution in [0.2, 0.25) is 0 Å². The molecular weight excluding hydrogens is 229 g/mol. The number of carbonyl (C=O) groups excluding carboxylic acids is 1. The largest absolute Gasteiger partial charge is 0.298 e. The van der Waals surface area contributed by atoms with E-state index in [1.807, 2.05) is 18.0 Å². The Labute approximate surface area is 108 Å². The van der Waals surface area contributed by atoms with Gasteiger partial charge in [0.2, 0.25) is 0 Å². The van der Waals surface area contributed by atoms with Gasteiger partial charge in [0, 0.05) is 18.5 Å². The summed E-state index contributed by atoms with van der Waals surface area (Å²) in [7, 11) is 1.92. The minimum absolute atomic E-state index is 0.0351. The number of nitrogens with zero attached hydrogens (tertiary/aromatic N) is 1. The Morgan fingerprint density at radius 3 is 2.83 bits per heavy atom. The predicted molar refractivity (Wildman–Crippen MR) is 69.7 cm³/mol. The number of Topliss-reactive ketones (excluding diaryl/α,β-unsaturated/α-hetero) is 1. The van der Waals surface area contributed by atoms with Crippen molar-refractivity contribution >= 4 is 5.78 Å². The van der Waals surface area contributed by atoms with Gasteiger partial charge in [-0.25, -0.2) is 4.39 Å². The topological polar surface area (TPSA) is 20.3 Å². The highest BCUT2D eigenvalue weighted by Crippen LogP contribution is 2.20. The molecule has 2 nitrogen and oxygen atoms in total. The van der Waals surface area contributed by atoms with Crippen LogP contribution in [0.1, 0.15) is 37.7 Å². The minimum atomic E-state index is -0.189. The number of rotatable bonds is 3. The molecule has 1 fully saturated rings. The van der Waals surface area contributed by atoms with Crippen LogP contribution in [0.25, 0.3) is 0 Å². The second-order valence-electron chi connectivity index (χ2n) is 5.09. The van der Waals surface area contributed by atoms with E-state index in [1.165, 1.54) is 6.07 Å². The maximum absolute atomic E-state index is 13.6. The van der Waals surface area contributed by atoms with Crippen LogP contribution in [0, 0.1) is 5.82 Å². The Morgan fingerprint density at radius 2 is 2.06 bits per heavy atom. The van der Waals surface area contributed by atoms with Crippen molar-refractivity contribution in [3.8, 4) is 0 Å². The van der Waals surface area contributed by atoms with Gasteiger partial charge in [0.25, 0.3) is 0 Å². The molecule has 18 heavy (non-hydrogen) atoms. The first-order valence-corrected chi connectivity index (χ1v) is 6.65. The molecule has 0 aliphatic heterocycles. The lowest BCUT2D eigenvalue weighted by atomic mass is 10.1. The number of hydrogen-bond acceptors (Lipinski definition) is 2. The third-order valence-electron chi connectivity index (χ3n) is 3.68. The molecule has 0 bridgehead atoms. The summed E-state index contributed by atoms with van der Waals surface area (Å²) in [6.45, 7) is 0.503. The molecule has 0 spiro atoms. The number of halogens is 1. The maximum atomic E-state index is 13.6. The zero-order valence-corrected chi connectivity index (χ0v) is 10.9. The zero-order chi connectivity index (χ0) is 13.0. The molecule has 0 amide bonds. The molecule has 1 atom stereocenters. The summed E-state index contributed by atoms with van der Waals surface area (Å²) in [6.07, 6.45) is 4.81. The van der Waals surface area contributed by atoms with Crippen LogP contribution in [0.15, 0.2) is 24.3 Å². The van der Waals surface area contributed by atoms with Gasteiger partial charge in [-0.15, -0.1) is 0 Å². The summed E-state index contributed by atoms with van der Waals surface area (Å²) in [4.78, 5) is 14.0. The highest BCUT2D eigenvalue weighted by atomic mass is 19.1. The van der Waals surface area contributed by atoms with Crippen molar-refractivity contribution in [2.24, 2.45) is 0 Å². The molecule has 1 aliphatic carbocycles. The first-order chi connectivity index (χ1) is 8.68. The maximum Gasteiger partial charge on any atom is 0.149 e. The van der Waals surface area contributed by atoms with Gasteiger partial charge in [-0.3, -0.25) is 9.69 Å². The Morgan fingerprint density at radius 1 is 1.28 bits per heavy atom. The van der Waals surface area contributed by atoms with Crippen LogP contribution in [-0.4, -0.2) is 23.8 Å². The fourth-order valence-electron chi connectivity index (χ4n) is 2.61. The molecule has 0 saturated heterocycles. The van der Waals surface area contributed by atoms with Crippen LogP contribution >= 0.6 is 0 Å². The van der Waals surface area contributed by atoms with Gasteiger partial charge in [-0.05, 0) is 26.0 Å². The summed E-state index contributed by atoms with van der Waals surface area (Å²) < 4.78 is 13.6. The number of benzene rings is 1. The summed E-state index contributed by atoms with van der Waals surface area (Å²) in [5.41, 5.74) is 0.664. The summed E-state index contributed by atoms with van der Waals surface area (Å²) in [6, 6.07) is 6.74. The Balaban J connectivity index is 2.04. The van der Waals surface area contributed by atoms with Crippen LogP contribution < -0.4 is 0 Å². The quantitative estimate of drug-likeness (QED) is 0.767. The van der Waals surface area contributed by atoms with Crippen molar-refractivity contribution in [2.75, 3.05) is 7.05 Å². The summed E-state index contributed by atoms with van der Waals surface area (Å²) >= 11 is 0. The lowest BCUT2D eigenvalue weighted by Gasteiger charge is -2.26. The summed E-state index contributed by atoms with van der Waals surface area (Å²) in [5.74, 6) is 0.122. The Bertz CT molecular complexity index is 419. The van der Waals surface area contributed by atoms with E-state index in [-0.39, 0.29) is 11.9 Å². The normalized spacial score (nSPS) is 21.1. The molecule has 0 heterocycles. The average molecular weight is 249 g/mol. The van der Waals surface area contributed by atoms with E-state index in [0.29, 0.717) is 24.3 Å². The number of hydrogen-bond donors (Lipinski definition) is 0. The average Bonchev–Trinajstić information content (AvgIpc) is 2.57. The number of ketones is 1. The Hall–Kier alpha value is -1.22. The van der Waals surface area contributed by atoms with E-state index in [9.17, 15) is 9.18 Å². The molecule has 0 radical (unpaired) electrons. The van der Waals surface area contributed by atoms with Crippen LogP contribution in [0.5, 0.6) is 0 Å². The fourth-order valence-corrected chi connectivity index (χ4v) is 2.61. The van der Waals surface area contributed by atoms with Crippen LogP contribution in [0.3, 0.4) is 0 Å². The van der Waals surface area contributed by atoms with Gasteiger partial charge >= 0.3 is 0 Å².